The van der Waals surface area contributed by atoms with E-state index in [2.05, 4.69) is 292 Å². The predicted molar refractivity (Wildman–Crippen MR) is 304 cm³/mol. The van der Waals surface area contributed by atoms with Crippen LogP contribution in [-0.2, 0) is 10.8 Å². The lowest BCUT2D eigenvalue weighted by molar-refractivity contribution is 0.769. The Kier molecular flexibility index (Phi) is 9.66. The Morgan fingerprint density at radius 3 is 1.10 bits per heavy atom. The number of fused-ring (bicyclic) bond motifs is 8. The molecule has 336 valence electrons. The summed E-state index contributed by atoms with van der Waals surface area (Å²) in [6.07, 6.45) is 0. The SMILES string of the molecule is Bc1ccc(-c2ccc(N(c3ccc4c(c3)C(c3ccccc3)(c3ccc5ccccc5c3)c3ccccc3-4)c3ccc4c(c3)C(c3ccccc3)(c3ccc5ccccc5c3)c3ccccc3-4)cc2)cc1. The zero-order chi connectivity index (χ0) is 47.8. The molecule has 2 atom stereocenters. The fraction of sp³-hybridized carbons (Fsp3) is 0.0286. The van der Waals surface area contributed by atoms with Gasteiger partial charge < -0.3 is 4.90 Å². The topological polar surface area (TPSA) is 3.24 Å². The Balaban J connectivity index is 1.04. The highest BCUT2D eigenvalue weighted by atomic mass is 15.1. The molecule has 0 bridgehead atoms. The second-order valence-electron chi connectivity index (χ2n) is 19.7. The molecule has 0 fully saturated rings. The van der Waals surface area contributed by atoms with Crippen LogP contribution in [-0.4, -0.2) is 7.85 Å². The molecule has 2 aliphatic rings. The maximum absolute atomic E-state index is 2.50. The van der Waals surface area contributed by atoms with Gasteiger partial charge in [0.15, 0.2) is 0 Å². The van der Waals surface area contributed by atoms with E-state index >= 15 is 0 Å². The summed E-state index contributed by atoms with van der Waals surface area (Å²) in [5.74, 6) is 0. The molecule has 0 heterocycles. The first kappa shape index (κ1) is 42.0. The van der Waals surface area contributed by atoms with Crippen molar-refractivity contribution in [1.29, 1.82) is 0 Å². The normalized spacial score (nSPS) is 16.2. The number of rotatable bonds is 8. The van der Waals surface area contributed by atoms with Gasteiger partial charge in [0.25, 0.3) is 0 Å². The number of benzene rings is 12. The zero-order valence-electron chi connectivity index (χ0n) is 40.0. The molecule has 1 nitrogen and oxygen atoms in total. The summed E-state index contributed by atoms with van der Waals surface area (Å²) < 4.78 is 0. The quantitative estimate of drug-likeness (QED) is 0.137. The van der Waals surface area contributed by atoms with E-state index in [-0.39, 0.29) is 0 Å². The van der Waals surface area contributed by atoms with Crippen molar-refractivity contribution in [1.82, 2.24) is 0 Å². The van der Waals surface area contributed by atoms with E-state index in [1.807, 2.05) is 0 Å². The first-order valence-corrected chi connectivity index (χ1v) is 25.1. The lowest BCUT2D eigenvalue weighted by Crippen LogP contribution is -2.29. The van der Waals surface area contributed by atoms with Crippen LogP contribution in [0, 0.1) is 0 Å². The van der Waals surface area contributed by atoms with Crippen molar-refractivity contribution in [2.75, 3.05) is 4.90 Å². The van der Waals surface area contributed by atoms with Crippen molar-refractivity contribution in [3.63, 3.8) is 0 Å². The van der Waals surface area contributed by atoms with Gasteiger partial charge in [-0.1, -0.05) is 236 Å². The maximum Gasteiger partial charge on any atom is 0.139 e. The molecule has 0 N–H and O–H groups in total. The van der Waals surface area contributed by atoms with Crippen LogP contribution in [0.15, 0.2) is 279 Å². The zero-order valence-corrected chi connectivity index (χ0v) is 40.0. The highest BCUT2D eigenvalue weighted by Gasteiger charge is 2.48. The van der Waals surface area contributed by atoms with Crippen LogP contribution in [0.4, 0.5) is 17.1 Å². The van der Waals surface area contributed by atoms with Gasteiger partial charge in [-0.2, -0.15) is 0 Å². The monoisotopic (exact) mass is 913 g/mol. The summed E-state index contributed by atoms with van der Waals surface area (Å²) in [4.78, 5) is 2.50. The summed E-state index contributed by atoms with van der Waals surface area (Å²) in [6, 6.07) is 105. The molecule has 0 spiro atoms. The number of anilines is 3. The molecule has 2 unspecified atom stereocenters. The molecular weight excluding hydrogens is 866 g/mol. The van der Waals surface area contributed by atoms with Crippen molar-refractivity contribution in [2.24, 2.45) is 0 Å². The molecule has 2 aliphatic carbocycles. The van der Waals surface area contributed by atoms with Crippen molar-refractivity contribution < 1.29 is 0 Å². The molecule has 0 radical (unpaired) electrons. The first-order valence-electron chi connectivity index (χ1n) is 25.1. The molecule has 72 heavy (non-hydrogen) atoms. The Hall–Kier alpha value is -8.98. The third kappa shape index (κ3) is 6.29. The Labute approximate surface area is 422 Å². The predicted octanol–water partition coefficient (Wildman–Crippen LogP) is 16.1. The van der Waals surface area contributed by atoms with Crippen molar-refractivity contribution in [2.45, 2.75) is 10.8 Å². The summed E-state index contributed by atoms with van der Waals surface area (Å²) in [7, 11) is 2.15. The molecule has 0 amide bonds. The average Bonchev–Trinajstić information content (AvgIpc) is 3.91. The van der Waals surface area contributed by atoms with Gasteiger partial charge in [-0.3, -0.25) is 0 Å². The van der Waals surface area contributed by atoms with E-state index in [1.165, 1.54) is 105 Å². The van der Waals surface area contributed by atoms with Crippen LogP contribution < -0.4 is 10.4 Å². The average molecular weight is 914 g/mol. The summed E-state index contributed by atoms with van der Waals surface area (Å²) in [6.45, 7) is 0. The van der Waals surface area contributed by atoms with Crippen LogP contribution in [0.2, 0.25) is 0 Å². The van der Waals surface area contributed by atoms with Crippen molar-refractivity contribution >= 4 is 51.9 Å². The smallest absolute Gasteiger partial charge is 0.139 e. The Bertz CT molecular complexity index is 3830. The Morgan fingerprint density at radius 2 is 0.625 bits per heavy atom. The van der Waals surface area contributed by atoms with Crippen LogP contribution in [0.5, 0.6) is 0 Å². The third-order valence-corrected chi connectivity index (χ3v) is 15.9. The van der Waals surface area contributed by atoms with Gasteiger partial charge in [0, 0.05) is 17.1 Å². The summed E-state index contributed by atoms with van der Waals surface area (Å²) >= 11 is 0. The minimum absolute atomic E-state index is 0.591. The van der Waals surface area contributed by atoms with Crippen LogP contribution >= 0.6 is 0 Å². The minimum atomic E-state index is -0.591. The van der Waals surface area contributed by atoms with Crippen LogP contribution in [0.1, 0.15) is 44.5 Å². The van der Waals surface area contributed by atoms with E-state index < -0.39 is 10.8 Å². The summed E-state index contributed by atoms with van der Waals surface area (Å²) in [5, 5.41) is 4.93. The molecule has 12 aromatic carbocycles. The van der Waals surface area contributed by atoms with E-state index in [9.17, 15) is 0 Å². The molecule has 0 aliphatic heterocycles. The summed E-state index contributed by atoms with van der Waals surface area (Å²) in [5.41, 5.74) is 20.9. The van der Waals surface area contributed by atoms with Gasteiger partial charge in [-0.15, -0.1) is 0 Å². The van der Waals surface area contributed by atoms with E-state index in [4.69, 9.17) is 0 Å². The lowest BCUT2D eigenvalue weighted by atomic mass is 9.67. The maximum atomic E-state index is 2.50. The molecule has 0 aromatic heterocycles. The number of nitrogens with zero attached hydrogens (tertiary/aromatic N) is 1. The molecule has 0 saturated heterocycles. The number of hydrogen-bond donors (Lipinski definition) is 0. The second-order valence-corrected chi connectivity index (χ2v) is 19.7. The lowest BCUT2D eigenvalue weighted by Gasteiger charge is -2.36. The van der Waals surface area contributed by atoms with E-state index in [0.717, 1.165) is 17.1 Å². The highest BCUT2D eigenvalue weighted by molar-refractivity contribution is 6.32. The van der Waals surface area contributed by atoms with E-state index in [0.29, 0.717) is 0 Å². The fourth-order valence-corrected chi connectivity index (χ4v) is 12.6. The minimum Gasteiger partial charge on any atom is -0.310 e. The molecule has 0 saturated carbocycles. The largest absolute Gasteiger partial charge is 0.310 e. The highest BCUT2D eigenvalue weighted by Crippen LogP contribution is 2.60. The van der Waals surface area contributed by atoms with Crippen molar-refractivity contribution in [3.8, 4) is 33.4 Å². The first-order chi connectivity index (χ1) is 35.6. The van der Waals surface area contributed by atoms with Gasteiger partial charge in [0.1, 0.15) is 7.85 Å². The molecule has 12 aromatic rings. The Morgan fingerprint density at radius 1 is 0.250 bits per heavy atom. The van der Waals surface area contributed by atoms with Crippen LogP contribution in [0.3, 0.4) is 0 Å². The second kappa shape index (κ2) is 16.6. The molecule has 14 rings (SSSR count). The molecule has 2 heteroatoms. The number of hydrogen-bond acceptors (Lipinski definition) is 1. The fourth-order valence-electron chi connectivity index (χ4n) is 12.6. The van der Waals surface area contributed by atoms with Gasteiger partial charge in [0.2, 0.25) is 0 Å². The van der Waals surface area contributed by atoms with Crippen LogP contribution in [0.25, 0.3) is 54.9 Å². The van der Waals surface area contributed by atoms with E-state index in [1.54, 1.807) is 0 Å². The van der Waals surface area contributed by atoms with Crippen molar-refractivity contribution in [3.05, 3.63) is 324 Å². The third-order valence-electron chi connectivity index (χ3n) is 15.9. The van der Waals surface area contributed by atoms with Gasteiger partial charge in [-0.25, -0.2) is 0 Å². The van der Waals surface area contributed by atoms with Gasteiger partial charge >= 0.3 is 0 Å². The van der Waals surface area contributed by atoms with Gasteiger partial charge in [-0.05, 0) is 148 Å². The standard InChI is InChI=1S/C70H48BN/c71-57-35-29-49(30-36-57)50-31-37-58(38-32-50)72(59-39-41-63-61-23-11-13-25-65(61)69(67(63)45-59,53-19-3-1-4-20-53)55-33-27-47-15-7-9-17-51(47)43-55)60-40-42-64-62-24-12-14-26-66(62)70(68(64)46-60,54-21-5-2-6-22-54)56-34-28-48-16-8-10-18-52(48)44-56/h1-46H,71H2. The molecular formula is C70H48BN. The van der Waals surface area contributed by atoms with Gasteiger partial charge in [0.05, 0.1) is 10.8 Å².